The molecule has 1 heterocycles. The molecule has 0 spiro atoms. The molecule has 0 aliphatic rings. The molecule has 11 heteroatoms. The fraction of sp³-hybridized carbons (Fsp3) is 0.333. The Morgan fingerprint density at radius 1 is 1.06 bits per heavy atom. The van der Waals surface area contributed by atoms with Crippen LogP contribution in [-0.2, 0) is 14.6 Å². The van der Waals surface area contributed by atoms with Gasteiger partial charge in [0.25, 0.3) is 0 Å². The van der Waals surface area contributed by atoms with Gasteiger partial charge < -0.3 is 4.90 Å². The number of likely N-dealkylation sites (N-methyl/N-ethyl adjacent to an activating group) is 1. The number of halogens is 3. The third-order valence-electron chi connectivity index (χ3n) is 4.70. The highest BCUT2D eigenvalue weighted by atomic mass is 35.5. The van der Waals surface area contributed by atoms with Gasteiger partial charge in [-0.1, -0.05) is 34.5 Å². The molecule has 174 valence electrons. The molecule has 2 aromatic carbocycles. The van der Waals surface area contributed by atoms with Crippen molar-refractivity contribution in [3.63, 3.8) is 0 Å². The number of anilines is 1. The summed E-state index contributed by atoms with van der Waals surface area (Å²) in [5, 5.41) is 1.60. The van der Waals surface area contributed by atoms with Crippen molar-refractivity contribution in [3.8, 4) is 0 Å². The third kappa shape index (κ3) is 6.56. The molecule has 1 aromatic heterocycles. The second-order valence-electron chi connectivity index (χ2n) is 7.44. The average molecular weight is 537 g/mol. The van der Waals surface area contributed by atoms with Crippen molar-refractivity contribution in [2.75, 3.05) is 37.8 Å². The van der Waals surface area contributed by atoms with Gasteiger partial charge in [0.1, 0.15) is 0 Å². The van der Waals surface area contributed by atoms with E-state index in [1.54, 1.807) is 4.90 Å². The maximum Gasteiger partial charge on any atom is 0.229 e. The largest absolute Gasteiger partial charge is 0.308 e. The number of rotatable bonds is 8. The minimum Gasteiger partial charge on any atom is -0.308 e. The molecule has 0 saturated carbocycles. The molecular weight excluding hydrogens is 513 g/mol. The number of aryl methyl sites for hydroxylation is 1. The van der Waals surface area contributed by atoms with E-state index in [1.165, 1.54) is 35.6 Å². The fourth-order valence-electron chi connectivity index (χ4n) is 3.00. The van der Waals surface area contributed by atoms with E-state index in [0.29, 0.717) is 28.3 Å². The number of sulfone groups is 1. The van der Waals surface area contributed by atoms with Crippen LogP contribution in [0.25, 0.3) is 10.2 Å². The molecule has 1 amide bonds. The summed E-state index contributed by atoms with van der Waals surface area (Å²) < 4.78 is 26.2. The molecule has 0 radical (unpaired) electrons. The van der Waals surface area contributed by atoms with Crippen LogP contribution in [0.1, 0.15) is 12.0 Å². The topological polar surface area (TPSA) is 70.6 Å². The van der Waals surface area contributed by atoms with E-state index in [-0.39, 0.29) is 35.4 Å². The lowest BCUT2D eigenvalue weighted by Gasteiger charge is -2.22. The number of benzene rings is 2. The molecule has 3 aromatic rings. The average Bonchev–Trinajstić information content (AvgIpc) is 3.10. The predicted molar refractivity (Wildman–Crippen MR) is 136 cm³/mol. The summed E-state index contributed by atoms with van der Waals surface area (Å²) >= 11 is 13.4. The highest BCUT2D eigenvalue weighted by Gasteiger charge is 2.23. The zero-order chi connectivity index (χ0) is 22.8. The van der Waals surface area contributed by atoms with Crippen LogP contribution in [0.3, 0.4) is 0 Å². The zero-order valence-electron chi connectivity index (χ0n) is 17.8. The van der Waals surface area contributed by atoms with Gasteiger partial charge in [-0.05, 0) is 63.0 Å². The number of thiazole rings is 1. The molecule has 0 unspecified atom stereocenters. The van der Waals surface area contributed by atoms with Crippen molar-refractivity contribution in [1.29, 1.82) is 0 Å². The maximum absolute atomic E-state index is 13.1. The Labute approximate surface area is 208 Å². The lowest BCUT2D eigenvalue weighted by molar-refractivity contribution is -0.118. The fourth-order valence-corrected chi connectivity index (χ4v) is 5.82. The number of fused-ring (bicyclic) bond motifs is 1. The number of hydrogen-bond acceptors (Lipinski definition) is 6. The van der Waals surface area contributed by atoms with Crippen LogP contribution in [0.5, 0.6) is 0 Å². The normalized spacial score (nSPS) is 11.6. The van der Waals surface area contributed by atoms with Gasteiger partial charge in [0.15, 0.2) is 15.0 Å². The van der Waals surface area contributed by atoms with E-state index in [1.807, 2.05) is 38.1 Å². The Balaban J connectivity index is 0.00000363. The van der Waals surface area contributed by atoms with E-state index >= 15 is 0 Å². The van der Waals surface area contributed by atoms with Crippen LogP contribution >= 0.6 is 46.9 Å². The molecule has 0 N–H and O–H groups in total. The first kappa shape index (κ1) is 26.8. The van der Waals surface area contributed by atoms with E-state index in [0.717, 1.165) is 15.8 Å². The lowest BCUT2D eigenvalue weighted by atomic mass is 10.2. The van der Waals surface area contributed by atoms with Crippen LogP contribution in [0.2, 0.25) is 10.0 Å². The number of nitrogens with zero attached hydrogens (tertiary/aromatic N) is 3. The van der Waals surface area contributed by atoms with Gasteiger partial charge in [-0.15, -0.1) is 12.4 Å². The SMILES string of the molecule is Cc1cc(Cl)cc2sc(N(CCN(C)C)C(=O)CCS(=O)(=O)c3ccc(Cl)cc3)nc12.Cl. The van der Waals surface area contributed by atoms with Crippen LogP contribution in [0.15, 0.2) is 41.3 Å². The van der Waals surface area contributed by atoms with Crippen molar-refractivity contribution in [2.45, 2.75) is 18.2 Å². The summed E-state index contributed by atoms with van der Waals surface area (Å²) in [7, 11) is 0.218. The maximum atomic E-state index is 13.1. The summed E-state index contributed by atoms with van der Waals surface area (Å²) in [6, 6.07) is 9.60. The van der Waals surface area contributed by atoms with Gasteiger partial charge in [0.05, 0.1) is 20.9 Å². The highest BCUT2D eigenvalue weighted by molar-refractivity contribution is 7.91. The summed E-state index contributed by atoms with van der Waals surface area (Å²) in [6.45, 7) is 2.94. The summed E-state index contributed by atoms with van der Waals surface area (Å²) in [4.78, 5) is 21.4. The molecule has 6 nitrogen and oxygen atoms in total. The van der Waals surface area contributed by atoms with E-state index in [9.17, 15) is 13.2 Å². The minimum absolute atomic E-state index is 0. The molecule has 3 rings (SSSR count). The number of amides is 1. The Bertz CT molecular complexity index is 1200. The van der Waals surface area contributed by atoms with Crippen molar-refractivity contribution < 1.29 is 13.2 Å². The van der Waals surface area contributed by atoms with Gasteiger partial charge in [0, 0.05) is 29.6 Å². The molecule has 0 saturated heterocycles. The van der Waals surface area contributed by atoms with Crippen LogP contribution in [-0.4, -0.2) is 57.1 Å². The molecular formula is C21H24Cl3N3O3S2. The zero-order valence-corrected chi connectivity index (χ0v) is 21.8. The van der Waals surface area contributed by atoms with E-state index < -0.39 is 9.84 Å². The lowest BCUT2D eigenvalue weighted by Crippen LogP contribution is -2.37. The summed E-state index contributed by atoms with van der Waals surface area (Å²) in [6.07, 6.45) is -0.145. The van der Waals surface area contributed by atoms with Gasteiger partial charge in [-0.25, -0.2) is 13.4 Å². The monoisotopic (exact) mass is 535 g/mol. The second kappa shape index (κ2) is 11.1. The molecule has 0 aliphatic carbocycles. The van der Waals surface area contributed by atoms with Crippen molar-refractivity contribution in [2.24, 2.45) is 0 Å². The van der Waals surface area contributed by atoms with Crippen molar-refractivity contribution >= 4 is 78.0 Å². The van der Waals surface area contributed by atoms with Gasteiger partial charge >= 0.3 is 0 Å². The molecule has 0 fully saturated rings. The number of carbonyl (C=O) groups excluding carboxylic acids is 1. The highest BCUT2D eigenvalue weighted by Crippen LogP contribution is 2.33. The smallest absolute Gasteiger partial charge is 0.229 e. The third-order valence-corrected chi connectivity index (χ3v) is 7.93. The summed E-state index contributed by atoms with van der Waals surface area (Å²) in [5.74, 6) is -0.580. The quantitative estimate of drug-likeness (QED) is 0.401. The molecule has 0 atom stereocenters. The standard InChI is InChI=1S/C21H23Cl2N3O3S2.ClH/c1-14-12-16(23)13-18-20(14)24-21(30-18)26(10-9-25(2)3)19(27)8-11-31(28,29)17-6-4-15(22)5-7-17;/h4-7,12-13H,8-11H2,1-3H3;1H. The van der Waals surface area contributed by atoms with E-state index in [4.69, 9.17) is 23.2 Å². The molecule has 0 aliphatic heterocycles. The van der Waals surface area contributed by atoms with Crippen LogP contribution in [0.4, 0.5) is 5.13 Å². The van der Waals surface area contributed by atoms with Gasteiger partial charge in [-0.3, -0.25) is 9.69 Å². The first-order valence-electron chi connectivity index (χ1n) is 9.57. The number of hydrogen-bond donors (Lipinski definition) is 0. The van der Waals surface area contributed by atoms with Crippen molar-refractivity contribution in [1.82, 2.24) is 9.88 Å². The van der Waals surface area contributed by atoms with E-state index in [2.05, 4.69) is 4.98 Å². The Morgan fingerprint density at radius 3 is 2.34 bits per heavy atom. The first-order chi connectivity index (χ1) is 14.6. The second-order valence-corrected chi connectivity index (χ2v) is 11.4. The molecule has 32 heavy (non-hydrogen) atoms. The predicted octanol–water partition coefficient (Wildman–Crippen LogP) is 5.09. The van der Waals surface area contributed by atoms with Gasteiger partial charge in [-0.2, -0.15) is 0 Å². The Kier molecular flexibility index (Phi) is 9.34. The summed E-state index contributed by atoms with van der Waals surface area (Å²) in [5.41, 5.74) is 1.72. The van der Waals surface area contributed by atoms with Gasteiger partial charge in [0.2, 0.25) is 5.91 Å². The Hall–Kier alpha value is -1.42. The number of carbonyl (C=O) groups is 1. The van der Waals surface area contributed by atoms with Crippen LogP contribution < -0.4 is 4.90 Å². The van der Waals surface area contributed by atoms with Crippen molar-refractivity contribution in [3.05, 3.63) is 52.0 Å². The number of aromatic nitrogens is 1. The first-order valence-corrected chi connectivity index (χ1v) is 12.8. The van der Waals surface area contributed by atoms with Crippen LogP contribution in [0, 0.1) is 6.92 Å². The minimum atomic E-state index is -3.61. The Morgan fingerprint density at radius 2 is 1.72 bits per heavy atom. The molecule has 0 bridgehead atoms.